The molecule has 1 aliphatic rings. The van der Waals surface area contributed by atoms with Crippen LogP contribution in [0.3, 0.4) is 0 Å². The molecule has 0 amide bonds. The van der Waals surface area contributed by atoms with Crippen molar-refractivity contribution in [1.82, 2.24) is 14.8 Å². The van der Waals surface area contributed by atoms with Gasteiger partial charge in [0.25, 0.3) is 0 Å². The van der Waals surface area contributed by atoms with Gasteiger partial charge in [0.15, 0.2) is 5.82 Å². The normalized spacial score (nSPS) is 14.0. The Bertz CT molecular complexity index is 592. The molecule has 2 aromatic rings. The van der Waals surface area contributed by atoms with Crippen molar-refractivity contribution in [1.29, 1.82) is 0 Å². The van der Waals surface area contributed by atoms with Crippen molar-refractivity contribution in [2.24, 2.45) is 0 Å². The fourth-order valence-corrected chi connectivity index (χ4v) is 2.49. The summed E-state index contributed by atoms with van der Waals surface area (Å²) in [7, 11) is 3.30. The maximum atomic E-state index is 5.44. The van der Waals surface area contributed by atoms with Crippen molar-refractivity contribution < 1.29 is 9.47 Å². The van der Waals surface area contributed by atoms with E-state index in [0.717, 1.165) is 41.7 Å². The van der Waals surface area contributed by atoms with Gasteiger partial charge in [-0.2, -0.15) is 0 Å². The van der Waals surface area contributed by atoms with Gasteiger partial charge < -0.3 is 14.0 Å². The highest BCUT2D eigenvalue weighted by molar-refractivity contribution is 5.66. The minimum Gasteiger partial charge on any atom is -0.497 e. The quantitative estimate of drug-likeness (QED) is 0.848. The zero-order chi connectivity index (χ0) is 13.2. The molecule has 0 radical (unpaired) electrons. The van der Waals surface area contributed by atoms with Gasteiger partial charge in [0.1, 0.15) is 17.3 Å². The number of hydrogen-bond acceptors (Lipinski definition) is 4. The summed E-state index contributed by atoms with van der Waals surface area (Å²) in [6.45, 7) is 0.979. The minimum atomic E-state index is 0.764. The number of benzene rings is 1. The van der Waals surface area contributed by atoms with Gasteiger partial charge >= 0.3 is 0 Å². The van der Waals surface area contributed by atoms with E-state index >= 15 is 0 Å². The highest BCUT2D eigenvalue weighted by Gasteiger charge is 2.19. The van der Waals surface area contributed by atoms with E-state index in [1.165, 1.54) is 12.8 Å². The van der Waals surface area contributed by atoms with E-state index in [-0.39, 0.29) is 0 Å². The number of ether oxygens (including phenoxy) is 2. The van der Waals surface area contributed by atoms with Crippen LogP contribution in [-0.4, -0.2) is 29.0 Å². The van der Waals surface area contributed by atoms with Crippen LogP contribution < -0.4 is 9.47 Å². The molecule has 5 heteroatoms. The summed E-state index contributed by atoms with van der Waals surface area (Å²) in [5.74, 6) is 3.49. The second-order valence-electron chi connectivity index (χ2n) is 4.61. The van der Waals surface area contributed by atoms with Gasteiger partial charge in [0, 0.05) is 19.0 Å². The SMILES string of the molecule is COc1ccc(-c2nnc3n2CCCC3)c(OC)c1. The third-order valence-electron chi connectivity index (χ3n) is 3.51. The van der Waals surface area contributed by atoms with E-state index in [1.54, 1.807) is 14.2 Å². The van der Waals surface area contributed by atoms with Crippen molar-refractivity contribution >= 4 is 0 Å². The number of aryl methyl sites for hydroxylation is 1. The molecule has 0 spiro atoms. The maximum absolute atomic E-state index is 5.44. The van der Waals surface area contributed by atoms with E-state index in [9.17, 15) is 0 Å². The summed E-state index contributed by atoms with van der Waals surface area (Å²) < 4.78 is 12.8. The molecular formula is C14H17N3O2. The number of hydrogen-bond donors (Lipinski definition) is 0. The highest BCUT2D eigenvalue weighted by atomic mass is 16.5. The van der Waals surface area contributed by atoms with Crippen LogP contribution in [-0.2, 0) is 13.0 Å². The molecule has 1 aliphatic heterocycles. The lowest BCUT2D eigenvalue weighted by Gasteiger charge is -2.16. The van der Waals surface area contributed by atoms with E-state index < -0.39 is 0 Å². The molecule has 0 unspecified atom stereocenters. The molecule has 0 aliphatic carbocycles. The van der Waals surface area contributed by atoms with E-state index in [4.69, 9.17) is 9.47 Å². The molecule has 5 nitrogen and oxygen atoms in total. The first-order valence-corrected chi connectivity index (χ1v) is 6.48. The van der Waals surface area contributed by atoms with Crippen LogP contribution in [0.5, 0.6) is 11.5 Å². The lowest BCUT2D eigenvalue weighted by molar-refractivity contribution is 0.395. The lowest BCUT2D eigenvalue weighted by Crippen LogP contribution is -2.11. The second kappa shape index (κ2) is 4.91. The topological polar surface area (TPSA) is 49.2 Å². The van der Waals surface area contributed by atoms with Crippen molar-refractivity contribution in [3.8, 4) is 22.9 Å². The van der Waals surface area contributed by atoms with Gasteiger partial charge in [-0.1, -0.05) is 0 Å². The van der Waals surface area contributed by atoms with E-state index in [1.807, 2.05) is 18.2 Å². The standard InChI is InChI=1S/C14H17N3O2/c1-18-10-6-7-11(12(9-10)19-2)14-16-15-13-5-3-4-8-17(13)14/h6-7,9H,3-5,8H2,1-2H3. The van der Waals surface area contributed by atoms with E-state index in [2.05, 4.69) is 14.8 Å². The molecule has 0 saturated heterocycles. The van der Waals surface area contributed by atoms with Crippen LogP contribution in [0, 0.1) is 0 Å². The van der Waals surface area contributed by atoms with Gasteiger partial charge in [-0.3, -0.25) is 0 Å². The Morgan fingerprint density at radius 1 is 1.11 bits per heavy atom. The van der Waals surface area contributed by atoms with Crippen molar-refractivity contribution in [2.75, 3.05) is 14.2 Å². The number of fused-ring (bicyclic) bond motifs is 1. The van der Waals surface area contributed by atoms with Crippen LogP contribution in [0.1, 0.15) is 18.7 Å². The lowest BCUT2D eigenvalue weighted by atomic mass is 10.1. The van der Waals surface area contributed by atoms with Gasteiger partial charge in [-0.05, 0) is 25.0 Å². The minimum absolute atomic E-state index is 0.764. The molecule has 1 aromatic carbocycles. The summed E-state index contributed by atoms with van der Waals surface area (Å²) in [5.41, 5.74) is 0.962. The number of aromatic nitrogens is 3. The molecule has 2 heterocycles. The average Bonchev–Trinajstić information content (AvgIpc) is 2.90. The molecule has 0 bridgehead atoms. The number of nitrogens with zero attached hydrogens (tertiary/aromatic N) is 3. The van der Waals surface area contributed by atoms with Crippen LogP contribution in [0.4, 0.5) is 0 Å². The molecule has 0 saturated carbocycles. The molecule has 0 atom stereocenters. The van der Waals surface area contributed by atoms with Crippen molar-refractivity contribution in [3.05, 3.63) is 24.0 Å². The fraction of sp³-hybridized carbons (Fsp3) is 0.429. The Hall–Kier alpha value is -2.04. The van der Waals surface area contributed by atoms with E-state index in [0.29, 0.717) is 0 Å². The molecule has 3 rings (SSSR count). The molecule has 0 fully saturated rings. The van der Waals surface area contributed by atoms with Crippen LogP contribution in [0.15, 0.2) is 18.2 Å². The predicted octanol–water partition coefficient (Wildman–Crippen LogP) is 2.30. The molecular weight excluding hydrogens is 242 g/mol. The Balaban J connectivity index is 2.09. The van der Waals surface area contributed by atoms with Crippen molar-refractivity contribution in [3.63, 3.8) is 0 Å². The summed E-state index contributed by atoms with van der Waals surface area (Å²) >= 11 is 0. The summed E-state index contributed by atoms with van der Waals surface area (Å²) in [4.78, 5) is 0. The largest absolute Gasteiger partial charge is 0.497 e. The molecule has 1 aromatic heterocycles. The van der Waals surface area contributed by atoms with Gasteiger partial charge in [-0.25, -0.2) is 0 Å². The number of rotatable bonds is 3. The van der Waals surface area contributed by atoms with Crippen LogP contribution in [0.25, 0.3) is 11.4 Å². The fourth-order valence-electron chi connectivity index (χ4n) is 2.49. The van der Waals surface area contributed by atoms with Gasteiger partial charge in [0.05, 0.1) is 19.8 Å². The third-order valence-corrected chi connectivity index (χ3v) is 3.51. The molecule has 19 heavy (non-hydrogen) atoms. The highest BCUT2D eigenvalue weighted by Crippen LogP contribution is 2.33. The first-order chi connectivity index (χ1) is 9.33. The summed E-state index contributed by atoms with van der Waals surface area (Å²) in [5, 5.41) is 8.60. The maximum Gasteiger partial charge on any atom is 0.167 e. The van der Waals surface area contributed by atoms with Crippen LogP contribution >= 0.6 is 0 Å². The zero-order valence-corrected chi connectivity index (χ0v) is 11.2. The smallest absolute Gasteiger partial charge is 0.167 e. The zero-order valence-electron chi connectivity index (χ0n) is 11.2. The number of methoxy groups -OCH3 is 2. The van der Waals surface area contributed by atoms with Gasteiger partial charge in [-0.15, -0.1) is 10.2 Å². The Morgan fingerprint density at radius 2 is 2.00 bits per heavy atom. The Labute approximate surface area is 112 Å². The van der Waals surface area contributed by atoms with Crippen molar-refractivity contribution in [2.45, 2.75) is 25.8 Å². The van der Waals surface area contributed by atoms with Crippen LogP contribution in [0.2, 0.25) is 0 Å². The Kier molecular flexibility index (Phi) is 3.11. The predicted molar refractivity (Wildman–Crippen MR) is 71.5 cm³/mol. The first-order valence-electron chi connectivity index (χ1n) is 6.48. The average molecular weight is 259 g/mol. The molecule has 100 valence electrons. The summed E-state index contributed by atoms with van der Waals surface area (Å²) in [6.07, 6.45) is 3.37. The monoisotopic (exact) mass is 259 g/mol. The first kappa shape index (κ1) is 12.0. The Morgan fingerprint density at radius 3 is 2.79 bits per heavy atom. The summed E-state index contributed by atoms with van der Waals surface area (Å²) in [6, 6.07) is 5.77. The second-order valence-corrected chi connectivity index (χ2v) is 4.61. The third kappa shape index (κ3) is 2.05. The molecule has 0 N–H and O–H groups in total. The van der Waals surface area contributed by atoms with Gasteiger partial charge in [0.2, 0.25) is 0 Å².